The standard InChI is InChI=1S/C9H6N2O2/c1-2-8-9(13-5-12-8)7-4-11-10-3-6(1)7/h1-4H,5H2. The molecule has 0 fully saturated rings. The van der Waals surface area contributed by atoms with Gasteiger partial charge in [0.15, 0.2) is 11.5 Å². The van der Waals surface area contributed by atoms with Crippen molar-refractivity contribution in [3.63, 3.8) is 0 Å². The Bertz CT molecular complexity index is 470. The Morgan fingerprint density at radius 1 is 1.08 bits per heavy atom. The van der Waals surface area contributed by atoms with Crippen molar-refractivity contribution in [3.05, 3.63) is 24.5 Å². The van der Waals surface area contributed by atoms with E-state index in [0.29, 0.717) is 0 Å². The molecule has 0 atom stereocenters. The van der Waals surface area contributed by atoms with Gasteiger partial charge in [0.1, 0.15) is 0 Å². The van der Waals surface area contributed by atoms with Crippen LogP contribution in [0.25, 0.3) is 10.8 Å². The van der Waals surface area contributed by atoms with Gasteiger partial charge < -0.3 is 9.47 Å². The van der Waals surface area contributed by atoms with Gasteiger partial charge in [-0.15, -0.1) is 0 Å². The van der Waals surface area contributed by atoms with Gasteiger partial charge >= 0.3 is 0 Å². The number of aromatic nitrogens is 2. The fraction of sp³-hybridized carbons (Fsp3) is 0.111. The lowest BCUT2D eigenvalue weighted by Gasteiger charge is -1.99. The van der Waals surface area contributed by atoms with Crippen molar-refractivity contribution in [2.45, 2.75) is 0 Å². The Labute approximate surface area is 74.1 Å². The topological polar surface area (TPSA) is 44.2 Å². The third-order valence-electron chi connectivity index (χ3n) is 2.06. The molecule has 0 N–H and O–H groups in total. The van der Waals surface area contributed by atoms with Gasteiger partial charge in [0.25, 0.3) is 0 Å². The smallest absolute Gasteiger partial charge is 0.231 e. The summed E-state index contributed by atoms with van der Waals surface area (Å²) in [7, 11) is 0. The maximum Gasteiger partial charge on any atom is 0.231 e. The molecule has 3 rings (SSSR count). The van der Waals surface area contributed by atoms with Crippen molar-refractivity contribution in [2.24, 2.45) is 0 Å². The van der Waals surface area contributed by atoms with E-state index in [-0.39, 0.29) is 6.79 Å². The highest BCUT2D eigenvalue weighted by molar-refractivity contribution is 5.89. The van der Waals surface area contributed by atoms with Crippen LogP contribution in [0.4, 0.5) is 0 Å². The third-order valence-corrected chi connectivity index (χ3v) is 2.06. The van der Waals surface area contributed by atoms with Crippen LogP contribution < -0.4 is 9.47 Å². The maximum atomic E-state index is 5.32. The second kappa shape index (κ2) is 2.32. The van der Waals surface area contributed by atoms with E-state index in [9.17, 15) is 0 Å². The summed E-state index contributed by atoms with van der Waals surface area (Å²) in [6.07, 6.45) is 3.39. The molecule has 0 amide bonds. The average Bonchev–Trinajstić information content (AvgIpc) is 2.65. The van der Waals surface area contributed by atoms with Crippen LogP contribution in [0, 0.1) is 0 Å². The fourth-order valence-corrected chi connectivity index (χ4v) is 1.44. The van der Waals surface area contributed by atoms with Gasteiger partial charge in [-0.3, -0.25) is 0 Å². The van der Waals surface area contributed by atoms with Crippen LogP contribution in [0.15, 0.2) is 24.5 Å². The molecule has 0 radical (unpaired) electrons. The third kappa shape index (κ3) is 0.853. The van der Waals surface area contributed by atoms with Gasteiger partial charge in [0.05, 0.1) is 12.4 Å². The zero-order chi connectivity index (χ0) is 8.67. The molecule has 0 spiro atoms. The van der Waals surface area contributed by atoms with E-state index in [0.717, 1.165) is 22.3 Å². The van der Waals surface area contributed by atoms with E-state index < -0.39 is 0 Å². The number of hydrogen-bond acceptors (Lipinski definition) is 4. The van der Waals surface area contributed by atoms with E-state index in [1.165, 1.54) is 0 Å². The van der Waals surface area contributed by atoms with Gasteiger partial charge in [0, 0.05) is 10.8 Å². The fourth-order valence-electron chi connectivity index (χ4n) is 1.44. The molecule has 1 aromatic carbocycles. The molecule has 1 aromatic heterocycles. The Balaban J connectivity index is 2.43. The molecule has 0 bridgehead atoms. The predicted molar refractivity (Wildman–Crippen MR) is 45.7 cm³/mol. The summed E-state index contributed by atoms with van der Waals surface area (Å²) >= 11 is 0. The van der Waals surface area contributed by atoms with Gasteiger partial charge in [-0.25, -0.2) is 0 Å². The highest BCUT2D eigenvalue weighted by atomic mass is 16.7. The van der Waals surface area contributed by atoms with Crippen molar-refractivity contribution in [2.75, 3.05) is 6.79 Å². The van der Waals surface area contributed by atoms with Gasteiger partial charge in [0.2, 0.25) is 6.79 Å². The first-order chi connectivity index (χ1) is 6.45. The second-order valence-corrected chi connectivity index (χ2v) is 2.79. The summed E-state index contributed by atoms with van der Waals surface area (Å²) < 4.78 is 10.6. The molecular formula is C9H6N2O2. The van der Waals surface area contributed by atoms with Gasteiger partial charge in [-0.05, 0) is 12.1 Å². The van der Waals surface area contributed by atoms with Crippen LogP contribution in [-0.4, -0.2) is 17.0 Å². The Morgan fingerprint density at radius 2 is 2.00 bits per heavy atom. The van der Waals surface area contributed by atoms with Crippen LogP contribution in [0.3, 0.4) is 0 Å². The Morgan fingerprint density at radius 3 is 3.00 bits per heavy atom. The number of ether oxygens (including phenoxy) is 2. The monoisotopic (exact) mass is 174 g/mol. The van der Waals surface area contributed by atoms with Crippen molar-refractivity contribution in [1.82, 2.24) is 10.2 Å². The number of rotatable bonds is 0. The van der Waals surface area contributed by atoms with Crippen molar-refractivity contribution < 1.29 is 9.47 Å². The summed E-state index contributed by atoms with van der Waals surface area (Å²) in [6.45, 7) is 0.288. The average molecular weight is 174 g/mol. The zero-order valence-corrected chi connectivity index (χ0v) is 6.73. The SMILES string of the molecule is c1cc2cnncc2c2c1OCO2. The van der Waals surface area contributed by atoms with E-state index in [4.69, 9.17) is 9.47 Å². The normalized spacial score (nSPS) is 13.5. The molecule has 64 valence electrons. The molecule has 4 nitrogen and oxygen atoms in total. The van der Waals surface area contributed by atoms with Gasteiger partial charge in [-0.2, -0.15) is 10.2 Å². The first-order valence-corrected chi connectivity index (χ1v) is 3.94. The summed E-state index contributed by atoms with van der Waals surface area (Å²) in [6, 6.07) is 3.82. The molecule has 0 aliphatic carbocycles. The lowest BCUT2D eigenvalue weighted by Crippen LogP contribution is -1.93. The van der Waals surface area contributed by atoms with Crippen LogP contribution in [0.1, 0.15) is 0 Å². The lowest BCUT2D eigenvalue weighted by molar-refractivity contribution is 0.175. The number of benzene rings is 1. The number of fused-ring (bicyclic) bond motifs is 3. The predicted octanol–water partition coefficient (Wildman–Crippen LogP) is 1.36. The molecule has 1 aliphatic heterocycles. The molecular weight excluding hydrogens is 168 g/mol. The van der Waals surface area contributed by atoms with E-state index in [1.54, 1.807) is 12.4 Å². The molecule has 1 aliphatic rings. The minimum absolute atomic E-state index is 0.288. The van der Waals surface area contributed by atoms with Gasteiger partial charge in [-0.1, -0.05) is 0 Å². The minimum Gasteiger partial charge on any atom is -0.454 e. The highest BCUT2D eigenvalue weighted by Gasteiger charge is 2.16. The molecule has 0 unspecified atom stereocenters. The van der Waals surface area contributed by atoms with Crippen molar-refractivity contribution in [3.8, 4) is 11.5 Å². The molecule has 0 saturated carbocycles. The first-order valence-electron chi connectivity index (χ1n) is 3.94. The summed E-state index contributed by atoms with van der Waals surface area (Å²) in [5, 5.41) is 9.56. The zero-order valence-electron chi connectivity index (χ0n) is 6.73. The van der Waals surface area contributed by atoms with E-state index in [2.05, 4.69) is 10.2 Å². The van der Waals surface area contributed by atoms with E-state index >= 15 is 0 Å². The molecule has 0 saturated heterocycles. The summed E-state index contributed by atoms with van der Waals surface area (Å²) in [5.74, 6) is 1.55. The molecule has 4 heteroatoms. The summed E-state index contributed by atoms with van der Waals surface area (Å²) in [5.41, 5.74) is 0. The van der Waals surface area contributed by atoms with Crippen LogP contribution >= 0.6 is 0 Å². The Hall–Kier alpha value is -1.84. The minimum atomic E-state index is 0.288. The van der Waals surface area contributed by atoms with Crippen LogP contribution in [-0.2, 0) is 0 Å². The first kappa shape index (κ1) is 6.65. The molecule has 2 aromatic rings. The quantitative estimate of drug-likeness (QED) is 0.604. The Kier molecular flexibility index (Phi) is 1.19. The maximum absolute atomic E-state index is 5.32. The van der Waals surface area contributed by atoms with Crippen molar-refractivity contribution in [1.29, 1.82) is 0 Å². The van der Waals surface area contributed by atoms with E-state index in [1.807, 2.05) is 12.1 Å². The number of nitrogens with zero attached hydrogens (tertiary/aromatic N) is 2. The lowest BCUT2D eigenvalue weighted by atomic mass is 10.2. The molecule has 2 heterocycles. The second-order valence-electron chi connectivity index (χ2n) is 2.79. The van der Waals surface area contributed by atoms with Crippen molar-refractivity contribution >= 4 is 10.8 Å². The number of hydrogen-bond donors (Lipinski definition) is 0. The van der Waals surface area contributed by atoms with Crippen LogP contribution in [0.2, 0.25) is 0 Å². The molecule has 13 heavy (non-hydrogen) atoms. The largest absolute Gasteiger partial charge is 0.454 e. The summed E-state index contributed by atoms with van der Waals surface area (Å²) in [4.78, 5) is 0. The highest BCUT2D eigenvalue weighted by Crippen LogP contribution is 2.37. The van der Waals surface area contributed by atoms with Crippen LogP contribution in [0.5, 0.6) is 11.5 Å².